The standard InChI is InChI=1S/C25H22ClF2NO5S/c1-15-25(14-30)34-23-11-7-16(6-9-18-19(26)4-3-5-20(18)27)12-22(23)29(15)35(31,32)17-8-10-21(28)24(13-17)33-2/h3-13,15,25,30H,14H2,1-2H3/b9-6+/t15-,25+/m1/s1. The van der Waals surface area contributed by atoms with Crippen LogP contribution in [0.1, 0.15) is 18.1 Å². The highest BCUT2D eigenvalue weighted by atomic mass is 35.5. The second kappa shape index (κ2) is 9.85. The van der Waals surface area contributed by atoms with Gasteiger partial charge in [-0.25, -0.2) is 17.2 Å². The Morgan fingerprint density at radius 3 is 2.57 bits per heavy atom. The van der Waals surface area contributed by atoms with Gasteiger partial charge >= 0.3 is 0 Å². The maximum atomic E-state index is 14.2. The molecule has 1 N–H and O–H groups in total. The minimum Gasteiger partial charge on any atom is -0.494 e. The molecule has 1 aliphatic rings. The van der Waals surface area contributed by atoms with Gasteiger partial charge in [-0.15, -0.1) is 0 Å². The first kappa shape index (κ1) is 25.0. The van der Waals surface area contributed by atoms with Crippen LogP contribution < -0.4 is 13.8 Å². The number of sulfonamides is 1. The molecule has 0 saturated carbocycles. The highest BCUT2D eigenvalue weighted by Crippen LogP contribution is 2.41. The summed E-state index contributed by atoms with van der Waals surface area (Å²) in [6.45, 7) is 1.18. The predicted octanol–water partition coefficient (Wildman–Crippen LogP) is 5.13. The third kappa shape index (κ3) is 4.71. The lowest BCUT2D eigenvalue weighted by molar-refractivity contribution is 0.0925. The summed E-state index contributed by atoms with van der Waals surface area (Å²) < 4.78 is 67.4. The number of hydrogen-bond donors (Lipinski definition) is 1. The fourth-order valence-corrected chi connectivity index (χ4v) is 5.77. The van der Waals surface area contributed by atoms with E-state index in [0.717, 1.165) is 22.5 Å². The molecule has 35 heavy (non-hydrogen) atoms. The molecule has 0 aliphatic carbocycles. The van der Waals surface area contributed by atoms with Crippen LogP contribution in [0.15, 0.2) is 59.5 Å². The average Bonchev–Trinajstić information content (AvgIpc) is 2.83. The molecule has 0 amide bonds. The molecule has 0 saturated heterocycles. The number of ether oxygens (including phenoxy) is 2. The van der Waals surface area contributed by atoms with E-state index in [1.165, 1.54) is 25.3 Å². The average molecular weight is 522 g/mol. The number of rotatable bonds is 6. The van der Waals surface area contributed by atoms with Gasteiger partial charge in [0.15, 0.2) is 11.6 Å². The zero-order chi connectivity index (χ0) is 25.3. The molecule has 1 heterocycles. The van der Waals surface area contributed by atoms with Gasteiger partial charge in [-0.2, -0.15) is 0 Å². The molecular weight excluding hydrogens is 500 g/mol. The lowest BCUT2D eigenvalue weighted by Crippen LogP contribution is -2.52. The number of fused-ring (bicyclic) bond motifs is 1. The van der Waals surface area contributed by atoms with Gasteiger partial charge in [0.2, 0.25) is 0 Å². The second-order valence-corrected chi connectivity index (χ2v) is 10.1. The van der Waals surface area contributed by atoms with Crippen molar-refractivity contribution >= 4 is 39.5 Å². The first-order valence-electron chi connectivity index (χ1n) is 10.6. The summed E-state index contributed by atoms with van der Waals surface area (Å²) in [5.74, 6) is -1.18. The number of aliphatic hydroxyl groups is 1. The molecule has 0 fully saturated rings. The molecule has 3 aromatic rings. The highest BCUT2D eigenvalue weighted by molar-refractivity contribution is 7.92. The lowest BCUT2D eigenvalue weighted by Gasteiger charge is -2.40. The Morgan fingerprint density at radius 1 is 1.11 bits per heavy atom. The molecule has 2 atom stereocenters. The largest absolute Gasteiger partial charge is 0.494 e. The van der Waals surface area contributed by atoms with Crippen molar-refractivity contribution in [3.63, 3.8) is 0 Å². The Balaban J connectivity index is 1.81. The molecule has 1 aliphatic heterocycles. The van der Waals surface area contributed by atoms with E-state index in [1.54, 1.807) is 37.3 Å². The number of halogens is 3. The fourth-order valence-electron chi connectivity index (χ4n) is 3.84. The molecule has 0 bridgehead atoms. The van der Waals surface area contributed by atoms with Crippen molar-refractivity contribution in [3.05, 3.63) is 82.4 Å². The normalized spacial score (nSPS) is 17.8. The molecule has 10 heteroatoms. The summed E-state index contributed by atoms with van der Waals surface area (Å²) in [4.78, 5) is -0.189. The van der Waals surface area contributed by atoms with Gasteiger partial charge < -0.3 is 14.6 Å². The zero-order valence-corrected chi connectivity index (χ0v) is 20.4. The summed E-state index contributed by atoms with van der Waals surface area (Å²) in [6.07, 6.45) is 2.25. The molecule has 0 unspecified atom stereocenters. The number of nitrogens with zero attached hydrogens (tertiary/aromatic N) is 1. The number of anilines is 1. The Labute approximate surface area is 207 Å². The number of aliphatic hydroxyl groups excluding tert-OH is 1. The van der Waals surface area contributed by atoms with Crippen molar-refractivity contribution in [3.8, 4) is 11.5 Å². The number of benzene rings is 3. The maximum Gasteiger partial charge on any atom is 0.264 e. The van der Waals surface area contributed by atoms with Crippen LogP contribution in [0.3, 0.4) is 0 Å². The van der Waals surface area contributed by atoms with Gasteiger partial charge in [-0.3, -0.25) is 4.31 Å². The summed E-state index contributed by atoms with van der Waals surface area (Å²) in [7, 11) is -2.98. The Hall–Kier alpha value is -3.14. The van der Waals surface area contributed by atoms with Crippen molar-refractivity contribution in [2.45, 2.75) is 24.0 Å². The van der Waals surface area contributed by atoms with E-state index in [-0.39, 0.29) is 32.7 Å². The van der Waals surface area contributed by atoms with Crippen LogP contribution in [0.5, 0.6) is 11.5 Å². The van der Waals surface area contributed by atoms with Crippen LogP contribution in [-0.2, 0) is 10.0 Å². The quantitative estimate of drug-likeness (QED) is 0.455. The van der Waals surface area contributed by atoms with Crippen LogP contribution in [0.25, 0.3) is 12.2 Å². The van der Waals surface area contributed by atoms with Crippen LogP contribution in [0.4, 0.5) is 14.5 Å². The molecule has 4 rings (SSSR count). The van der Waals surface area contributed by atoms with Crippen molar-refractivity contribution in [2.75, 3.05) is 18.0 Å². The van der Waals surface area contributed by atoms with Crippen molar-refractivity contribution in [1.82, 2.24) is 0 Å². The van der Waals surface area contributed by atoms with E-state index in [4.69, 9.17) is 21.1 Å². The first-order chi connectivity index (χ1) is 16.7. The molecule has 3 aromatic carbocycles. The van der Waals surface area contributed by atoms with Crippen LogP contribution in [-0.4, -0.2) is 39.4 Å². The van der Waals surface area contributed by atoms with E-state index in [0.29, 0.717) is 5.56 Å². The van der Waals surface area contributed by atoms with Crippen molar-refractivity contribution < 1.29 is 31.8 Å². The molecular formula is C25H22ClF2NO5S. The summed E-state index contributed by atoms with van der Waals surface area (Å²) in [5.41, 5.74) is 0.963. The van der Waals surface area contributed by atoms with Gasteiger partial charge in [0.25, 0.3) is 10.0 Å². The Bertz CT molecular complexity index is 1380. The second-order valence-electron chi connectivity index (χ2n) is 7.87. The van der Waals surface area contributed by atoms with E-state index in [2.05, 4.69) is 0 Å². The van der Waals surface area contributed by atoms with Gasteiger partial charge in [0.1, 0.15) is 17.7 Å². The smallest absolute Gasteiger partial charge is 0.264 e. The van der Waals surface area contributed by atoms with Gasteiger partial charge in [-0.1, -0.05) is 29.8 Å². The fraction of sp³-hybridized carbons (Fsp3) is 0.200. The van der Waals surface area contributed by atoms with E-state index < -0.39 is 40.4 Å². The molecule has 0 radical (unpaired) electrons. The summed E-state index contributed by atoms with van der Waals surface area (Å²) in [6, 6.07) is 11.6. The van der Waals surface area contributed by atoms with Gasteiger partial charge in [-0.05, 0) is 55.0 Å². The van der Waals surface area contributed by atoms with E-state index >= 15 is 0 Å². The monoisotopic (exact) mass is 521 g/mol. The van der Waals surface area contributed by atoms with E-state index in [9.17, 15) is 22.3 Å². The van der Waals surface area contributed by atoms with E-state index in [1.807, 2.05) is 0 Å². The SMILES string of the molecule is COc1cc(S(=O)(=O)N2c3cc(/C=C/c4c(F)cccc4Cl)ccc3O[C@@H](CO)[C@H]2C)ccc1F. The number of methoxy groups -OCH3 is 1. The first-order valence-corrected chi connectivity index (χ1v) is 12.4. The molecule has 0 spiro atoms. The molecule has 0 aromatic heterocycles. The predicted molar refractivity (Wildman–Crippen MR) is 130 cm³/mol. The zero-order valence-electron chi connectivity index (χ0n) is 18.8. The van der Waals surface area contributed by atoms with Crippen molar-refractivity contribution in [2.24, 2.45) is 0 Å². The van der Waals surface area contributed by atoms with Crippen LogP contribution in [0.2, 0.25) is 5.02 Å². The minimum absolute atomic E-state index is 0.189. The molecule has 6 nitrogen and oxygen atoms in total. The third-order valence-electron chi connectivity index (χ3n) is 5.71. The third-order valence-corrected chi connectivity index (χ3v) is 7.93. The molecule has 184 valence electrons. The van der Waals surface area contributed by atoms with Gasteiger partial charge in [0, 0.05) is 11.6 Å². The van der Waals surface area contributed by atoms with Crippen LogP contribution in [0, 0.1) is 11.6 Å². The topological polar surface area (TPSA) is 76.1 Å². The maximum absolute atomic E-state index is 14.2. The summed E-state index contributed by atoms with van der Waals surface area (Å²) >= 11 is 6.09. The Morgan fingerprint density at radius 2 is 1.89 bits per heavy atom. The lowest BCUT2D eigenvalue weighted by atomic mass is 10.1. The Kier molecular flexibility index (Phi) is 7.02. The highest BCUT2D eigenvalue weighted by Gasteiger charge is 2.40. The van der Waals surface area contributed by atoms with Crippen LogP contribution >= 0.6 is 11.6 Å². The minimum atomic E-state index is -4.22. The summed E-state index contributed by atoms with van der Waals surface area (Å²) in [5, 5.41) is 10.0. The van der Waals surface area contributed by atoms with Crippen molar-refractivity contribution in [1.29, 1.82) is 0 Å². The van der Waals surface area contributed by atoms with Gasteiger partial charge in [0.05, 0.1) is 35.4 Å². The number of hydrogen-bond acceptors (Lipinski definition) is 5.